The van der Waals surface area contributed by atoms with Crippen LogP contribution in [0.3, 0.4) is 0 Å². The number of hydrogen-bond acceptors (Lipinski definition) is 2. The normalized spacial score (nSPS) is 12.3. The third kappa shape index (κ3) is 3.20. The fourth-order valence-corrected chi connectivity index (χ4v) is 2.21. The highest BCUT2D eigenvalue weighted by Crippen LogP contribution is 2.25. The summed E-state index contributed by atoms with van der Waals surface area (Å²) in [6.07, 6.45) is 0. The Kier molecular flexibility index (Phi) is 4.29. The van der Waals surface area contributed by atoms with Crippen LogP contribution in [0.5, 0.6) is 0 Å². The molecular weight excluding hydrogens is 232 g/mol. The maximum absolute atomic E-state index is 12.9. The van der Waals surface area contributed by atoms with E-state index in [1.807, 2.05) is 0 Å². The summed E-state index contributed by atoms with van der Waals surface area (Å²) >= 11 is 1.20. The zero-order valence-electron chi connectivity index (χ0n) is 9.33. The Balaban J connectivity index is 2.73. The van der Waals surface area contributed by atoms with Crippen molar-refractivity contribution in [3.05, 3.63) is 29.8 Å². The number of hydrogen-bond donors (Lipinski definition) is 0. The van der Waals surface area contributed by atoms with Crippen molar-refractivity contribution >= 4 is 17.7 Å². The topological polar surface area (TPSA) is 20.3 Å². The van der Waals surface area contributed by atoms with Gasteiger partial charge in [-0.15, -0.1) is 11.8 Å². The summed E-state index contributed by atoms with van der Waals surface area (Å²) in [6.45, 7) is 1.73. The van der Waals surface area contributed by atoms with E-state index in [1.165, 1.54) is 22.7 Å². The van der Waals surface area contributed by atoms with Crippen molar-refractivity contribution in [2.24, 2.45) is 0 Å². The van der Waals surface area contributed by atoms with Gasteiger partial charge in [0.1, 0.15) is 0 Å². The fraction of sp³-hybridized carbons (Fsp3) is 0.364. The van der Waals surface area contributed by atoms with Gasteiger partial charge in [0.05, 0.1) is 5.25 Å². The molecule has 0 aliphatic heterocycles. The van der Waals surface area contributed by atoms with Gasteiger partial charge in [0.2, 0.25) is 5.91 Å². The van der Waals surface area contributed by atoms with E-state index < -0.39 is 11.6 Å². The Hall–Kier alpha value is -1.10. The minimum absolute atomic E-state index is 0.0604. The Labute approximate surface area is 97.6 Å². The number of rotatable bonds is 3. The first-order valence-electron chi connectivity index (χ1n) is 4.74. The van der Waals surface area contributed by atoms with Gasteiger partial charge in [-0.2, -0.15) is 0 Å². The molecule has 0 aliphatic rings. The molecule has 1 aromatic rings. The summed E-state index contributed by atoms with van der Waals surface area (Å²) in [5, 5.41) is -0.320. The van der Waals surface area contributed by atoms with Crippen molar-refractivity contribution in [1.82, 2.24) is 4.90 Å². The van der Waals surface area contributed by atoms with E-state index in [1.54, 1.807) is 21.0 Å². The maximum atomic E-state index is 12.9. The van der Waals surface area contributed by atoms with Gasteiger partial charge in [-0.3, -0.25) is 4.79 Å². The van der Waals surface area contributed by atoms with Crippen molar-refractivity contribution in [2.75, 3.05) is 14.1 Å². The summed E-state index contributed by atoms with van der Waals surface area (Å²) in [7, 11) is 3.31. The quantitative estimate of drug-likeness (QED) is 0.763. The Morgan fingerprint density at radius 3 is 2.44 bits per heavy atom. The van der Waals surface area contributed by atoms with Crippen LogP contribution in [-0.2, 0) is 4.79 Å². The van der Waals surface area contributed by atoms with Crippen LogP contribution in [0.2, 0.25) is 0 Å². The highest BCUT2D eigenvalue weighted by molar-refractivity contribution is 8.00. The largest absolute Gasteiger partial charge is 0.348 e. The van der Waals surface area contributed by atoms with Crippen LogP contribution < -0.4 is 0 Å². The third-order valence-electron chi connectivity index (χ3n) is 1.99. The van der Waals surface area contributed by atoms with E-state index in [9.17, 15) is 13.6 Å². The molecule has 0 saturated carbocycles. The number of thioether (sulfide) groups is 1. The Bertz CT molecular complexity index is 396. The van der Waals surface area contributed by atoms with Crippen molar-refractivity contribution in [2.45, 2.75) is 17.1 Å². The summed E-state index contributed by atoms with van der Waals surface area (Å²) in [6, 6.07) is 3.62. The van der Waals surface area contributed by atoms with Crippen LogP contribution in [0.25, 0.3) is 0 Å². The predicted molar refractivity (Wildman–Crippen MR) is 60.4 cm³/mol. The molecule has 1 atom stereocenters. The molecule has 1 aromatic carbocycles. The second kappa shape index (κ2) is 5.30. The minimum Gasteiger partial charge on any atom is -0.348 e. The molecule has 0 aromatic heterocycles. The molecule has 0 N–H and O–H groups in total. The molecule has 1 rings (SSSR count). The zero-order chi connectivity index (χ0) is 12.3. The molecule has 88 valence electrons. The Morgan fingerprint density at radius 1 is 1.31 bits per heavy atom. The number of nitrogens with zero attached hydrogens (tertiary/aromatic N) is 1. The zero-order valence-corrected chi connectivity index (χ0v) is 10.1. The molecule has 2 nitrogen and oxygen atoms in total. The van der Waals surface area contributed by atoms with Gasteiger partial charge in [-0.25, -0.2) is 8.78 Å². The lowest BCUT2D eigenvalue weighted by Gasteiger charge is -2.16. The molecule has 16 heavy (non-hydrogen) atoms. The molecule has 5 heteroatoms. The first-order valence-corrected chi connectivity index (χ1v) is 5.62. The highest BCUT2D eigenvalue weighted by Gasteiger charge is 2.16. The van der Waals surface area contributed by atoms with Gasteiger partial charge in [0, 0.05) is 19.0 Å². The summed E-state index contributed by atoms with van der Waals surface area (Å²) in [5.74, 6) is -1.83. The number of halogens is 2. The first kappa shape index (κ1) is 13.0. The standard InChI is InChI=1S/C11H13F2NOS/c1-7(11(15)14(2)3)16-8-4-5-9(12)10(13)6-8/h4-7H,1-3H3. The maximum Gasteiger partial charge on any atom is 0.235 e. The van der Waals surface area contributed by atoms with Gasteiger partial charge in [-0.05, 0) is 25.1 Å². The highest BCUT2D eigenvalue weighted by atomic mass is 32.2. The van der Waals surface area contributed by atoms with Gasteiger partial charge < -0.3 is 4.90 Å². The number of carbonyl (C=O) groups excluding carboxylic acids is 1. The minimum atomic E-state index is -0.894. The Morgan fingerprint density at radius 2 is 1.94 bits per heavy atom. The molecule has 0 aliphatic carbocycles. The molecule has 0 spiro atoms. The van der Waals surface area contributed by atoms with E-state index in [2.05, 4.69) is 0 Å². The van der Waals surface area contributed by atoms with E-state index in [0.717, 1.165) is 12.1 Å². The number of carbonyl (C=O) groups is 1. The van der Waals surface area contributed by atoms with Crippen molar-refractivity contribution in [1.29, 1.82) is 0 Å². The van der Waals surface area contributed by atoms with E-state index in [0.29, 0.717) is 4.90 Å². The molecule has 0 fully saturated rings. The lowest BCUT2D eigenvalue weighted by Crippen LogP contribution is -2.29. The molecular formula is C11H13F2NOS. The average Bonchev–Trinajstić information content (AvgIpc) is 2.22. The monoisotopic (exact) mass is 245 g/mol. The summed E-state index contributed by atoms with van der Waals surface area (Å²) in [4.78, 5) is 13.5. The molecule has 1 unspecified atom stereocenters. The first-order chi connectivity index (χ1) is 7.41. The summed E-state index contributed by atoms with van der Waals surface area (Å²) < 4.78 is 25.6. The van der Waals surface area contributed by atoms with Crippen LogP contribution in [0.1, 0.15) is 6.92 Å². The predicted octanol–water partition coefficient (Wildman–Crippen LogP) is 2.53. The van der Waals surface area contributed by atoms with Crippen molar-refractivity contribution in [3.63, 3.8) is 0 Å². The summed E-state index contributed by atoms with van der Waals surface area (Å²) in [5.41, 5.74) is 0. The van der Waals surface area contributed by atoms with Gasteiger partial charge >= 0.3 is 0 Å². The van der Waals surface area contributed by atoms with Crippen LogP contribution >= 0.6 is 11.8 Å². The average molecular weight is 245 g/mol. The van der Waals surface area contributed by atoms with Gasteiger partial charge in [0.25, 0.3) is 0 Å². The lowest BCUT2D eigenvalue weighted by atomic mass is 10.3. The van der Waals surface area contributed by atoms with E-state index in [4.69, 9.17) is 0 Å². The van der Waals surface area contributed by atoms with Crippen molar-refractivity contribution in [3.8, 4) is 0 Å². The lowest BCUT2D eigenvalue weighted by molar-refractivity contribution is -0.127. The van der Waals surface area contributed by atoms with Gasteiger partial charge in [-0.1, -0.05) is 0 Å². The SMILES string of the molecule is CC(Sc1ccc(F)c(F)c1)C(=O)N(C)C. The second-order valence-electron chi connectivity index (χ2n) is 3.57. The second-order valence-corrected chi connectivity index (χ2v) is 4.98. The van der Waals surface area contributed by atoms with E-state index >= 15 is 0 Å². The third-order valence-corrected chi connectivity index (χ3v) is 3.07. The smallest absolute Gasteiger partial charge is 0.235 e. The molecule has 0 bridgehead atoms. The fourth-order valence-electron chi connectivity index (χ4n) is 1.17. The van der Waals surface area contributed by atoms with Crippen molar-refractivity contribution < 1.29 is 13.6 Å². The molecule has 0 radical (unpaired) electrons. The van der Waals surface area contributed by atoms with Crippen LogP contribution in [0, 0.1) is 11.6 Å². The molecule has 0 saturated heterocycles. The number of benzene rings is 1. The molecule has 0 heterocycles. The number of amides is 1. The van der Waals surface area contributed by atoms with Crippen LogP contribution in [0.4, 0.5) is 8.78 Å². The van der Waals surface area contributed by atoms with Crippen LogP contribution in [0.15, 0.2) is 23.1 Å². The van der Waals surface area contributed by atoms with E-state index in [-0.39, 0.29) is 11.2 Å². The molecule has 1 amide bonds. The van der Waals surface area contributed by atoms with Gasteiger partial charge in [0.15, 0.2) is 11.6 Å². The van der Waals surface area contributed by atoms with Crippen LogP contribution in [-0.4, -0.2) is 30.2 Å².